The molecular weight excluding hydrogens is 279 g/mol. The minimum Gasteiger partial charge on any atom is -0.396 e. The van der Waals surface area contributed by atoms with Gasteiger partial charge in [0.15, 0.2) is 0 Å². The number of hydrogen-bond acceptors (Lipinski definition) is 3. The summed E-state index contributed by atoms with van der Waals surface area (Å²) in [6.45, 7) is 7.44. The van der Waals surface area contributed by atoms with Gasteiger partial charge in [0.2, 0.25) is 10.0 Å². The van der Waals surface area contributed by atoms with Crippen LogP contribution in [0.3, 0.4) is 0 Å². The Kier molecular flexibility index (Phi) is 5.15. The van der Waals surface area contributed by atoms with Crippen LogP contribution in [0.4, 0.5) is 10.1 Å². The monoisotopic (exact) mass is 302 g/mol. The highest BCUT2D eigenvalue weighted by Crippen LogP contribution is 2.25. The summed E-state index contributed by atoms with van der Waals surface area (Å²) in [4.78, 5) is 0.0343. The summed E-state index contributed by atoms with van der Waals surface area (Å²) >= 11 is 0. The van der Waals surface area contributed by atoms with Gasteiger partial charge in [-0.05, 0) is 43.9 Å². The molecule has 4 nitrogen and oxygen atoms in total. The van der Waals surface area contributed by atoms with Crippen LogP contribution in [0, 0.1) is 18.7 Å². The number of nitrogens with zero attached hydrogens (tertiary/aromatic N) is 1. The van der Waals surface area contributed by atoms with Gasteiger partial charge >= 0.3 is 0 Å². The molecule has 0 radical (unpaired) electrons. The topological polar surface area (TPSA) is 63.4 Å². The highest BCUT2D eigenvalue weighted by Gasteiger charge is 2.26. The fourth-order valence-electron chi connectivity index (χ4n) is 2.15. The standard InChI is InChI=1S/C14H23FN2O2S/c1-9(2)6-11(4)17(5)20(18,19)12-7-10(3)14(15)13(16)8-12/h7-9,11H,6,16H2,1-5H3. The molecule has 1 unspecified atom stereocenters. The van der Waals surface area contributed by atoms with Gasteiger partial charge in [-0.1, -0.05) is 13.8 Å². The Bertz CT molecular complexity index is 562. The third kappa shape index (κ3) is 3.49. The van der Waals surface area contributed by atoms with Crippen LogP contribution in [0.15, 0.2) is 17.0 Å². The van der Waals surface area contributed by atoms with E-state index in [0.717, 1.165) is 6.42 Å². The Hall–Kier alpha value is -1.14. The smallest absolute Gasteiger partial charge is 0.243 e. The Balaban J connectivity index is 3.17. The molecule has 0 saturated carbocycles. The van der Waals surface area contributed by atoms with E-state index in [1.54, 1.807) is 0 Å². The molecule has 0 aliphatic rings. The first kappa shape index (κ1) is 16.9. The lowest BCUT2D eigenvalue weighted by atomic mass is 10.1. The molecule has 0 fully saturated rings. The van der Waals surface area contributed by atoms with Crippen molar-refractivity contribution in [3.8, 4) is 0 Å². The van der Waals surface area contributed by atoms with E-state index in [2.05, 4.69) is 0 Å². The Morgan fingerprint density at radius 3 is 2.30 bits per heavy atom. The zero-order valence-corrected chi connectivity index (χ0v) is 13.5. The summed E-state index contributed by atoms with van der Waals surface area (Å²) in [7, 11) is -2.12. The van der Waals surface area contributed by atoms with Crippen molar-refractivity contribution in [3.63, 3.8) is 0 Å². The predicted molar refractivity (Wildman–Crippen MR) is 79.4 cm³/mol. The van der Waals surface area contributed by atoms with E-state index in [0.29, 0.717) is 5.92 Å². The summed E-state index contributed by atoms with van der Waals surface area (Å²) in [5.41, 5.74) is 5.60. The number of hydrogen-bond donors (Lipinski definition) is 1. The van der Waals surface area contributed by atoms with Crippen molar-refractivity contribution in [1.82, 2.24) is 4.31 Å². The zero-order chi connectivity index (χ0) is 15.7. The third-order valence-electron chi connectivity index (χ3n) is 3.37. The van der Waals surface area contributed by atoms with Gasteiger partial charge < -0.3 is 5.73 Å². The highest BCUT2D eigenvalue weighted by molar-refractivity contribution is 7.89. The molecule has 0 aliphatic heterocycles. The van der Waals surface area contributed by atoms with Gasteiger partial charge in [0.05, 0.1) is 10.6 Å². The van der Waals surface area contributed by atoms with Crippen molar-refractivity contribution in [3.05, 3.63) is 23.5 Å². The fraction of sp³-hybridized carbons (Fsp3) is 0.571. The first-order valence-corrected chi connectivity index (χ1v) is 8.05. The number of nitrogen functional groups attached to an aromatic ring is 1. The van der Waals surface area contributed by atoms with Gasteiger partial charge in [-0.2, -0.15) is 4.31 Å². The van der Waals surface area contributed by atoms with Crippen LogP contribution in [0.25, 0.3) is 0 Å². The number of anilines is 1. The lowest BCUT2D eigenvalue weighted by Gasteiger charge is -2.26. The second kappa shape index (κ2) is 6.10. The molecule has 1 aromatic carbocycles. The van der Waals surface area contributed by atoms with E-state index >= 15 is 0 Å². The van der Waals surface area contributed by atoms with Gasteiger partial charge in [-0.25, -0.2) is 12.8 Å². The molecule has 0 saturated heterocycles. The Morgan fingerprint density at radius 1 is 1.30 bits per heavy atom. The molecule has 0 aromatic heterocycles. The molecule has 2 N–H and O–H groups in total. The number of nitrogens with two attached hydrogens (primary N) is 1. The zero-order valence-electron chi connectivity index (χ0n) is 12.6. The molecule has 20 heavy (non-hydrogen) atoms. The average molecular weight is 302 g/mol. The van der Waals surface area contributed by atoms with Crippen molar-refractivity contribution in [2.75, 3.05) is 12.8 Å². The summed E-state index contributed by atoms with van der Waals surface area (Å²) in [6, 6.07) is 2.36. The molecule has 1 aromatic rings. The maximum Gasteiger partial charge on any atom is 0.243 e. The molecule has 6 heteroatoms. The molecule has 0 bridgehead atoms. The highest BCUT2D eigenvalue weighted by atomic mass is 32.2. The second-order valence-electron chi connectivity index (χ2n) is 5.64. The van der Waals surface area contributed by atoms with Crippen molar-refractivity contribution >= 4 is 15.7 Å². The molecule has 114 valence electrons. The van der Waals surface area contributed by atoms with Gasteiger partial charge in [0.25, 0.3) is 0 Å². The first-order valence-electron chi connectivity index (χ1n) is 6.61. The van der Waals surface area contributed by atoms with Crippen LogP contribution in [0.5, 0.6) is 0 Å². The van der Waals surface area contributed by atoms with Crippen LogP contribution < -0.4 is 5.73 Å². The lowest BCUT2D eigenvalue weighted by Crippen LogP contribution is -2.36. The number of halogens is 1. The Labute approximate surface area is 120 Å². The van der Waals surface area contributed by atoms with Gasteiger partial charge in [0, 0.05) is 13.1 Å². The largest absolute Gasteiger partial charge is 0.396 e. The third-order valence-corrected chi connectivity index (χ3v) is 5.32. The average Bonchev–Trinajstić information content (AvgIpc) is 2.33. The van der Waals surface area contributed by atoms with E-state index in [1.165, 1.54) is 30.4 Å². The van der Waals surface area contributed by atoms with E-state index < -0.39 is 15.8 Å². The molecule has 0 heterocycles. The summed E-state index contributed by atoms with van der Waals surface area (Å²) in [5.74, 6) is -0.176. The fourth-order valence-corrected chi connectivity index (χ4v) is 3.64. The van der Waals surface area contributed by atoms with Crippen molar-refractivity contribution < 1.29 is 12.8 Å². The van der Waals surface area contributed by atoms with E-state index in [-0.39, 0.29) is 22.2 Å². The lowest BCUT2D eigenvalue weighted by molar-refractivity contribution is 0.338. The van der Waals surface area contributed by atoms with Gasteiger partial charge in [-0.3, -0.25) is 0 Å². The summed E-state index contributed by atoms with van der Waals surface area (Å²) in [6.07, 6.45) is 0.755. The molecule has 0 amide bonds. The minimum absolute atomic E-state index is 0.0343. The molecule has 0 aliphatic carbocycles. The van der Waals surface area contributed by atoms with Crippen LogP contribution >= 0.6 is 0 Å². The Morgan fingerprint density at radius 2 is 1.85 bits per heavy atom. The number of rotatable bonds is 5. The predicted octanol–water partition coefficient (Wildman–Crippen LogP) is 2.77. The second-order valence-corrected chi connectivity index (χ2v) is 7.64. The number of aryl methyl sites for hydroxylation is 1. The number of benzene rings is 1. The first-order chi connectivity index (χ1) is 9.07. The maximum atomic E-state index is 13.5. The van der Waals surface area contributed by atoms with Crippen molar-refractivity contribution in [2.45, 2.75) is 45.1 Å². The molecule has 1 rings (SSSR count). The molecule has 0 spiro atoms. The number of sulfonamides is 1. The SMILES string of the molecule is Cc1cc(S(=O)(=O)N(C)C(C)CC(C)C)cc(N)c1F. The van der Waals surface area contributed by atoms with Crippen molar-refractivity contribution in [2.24, 2.45) is 5.92 Å². The summed E-state index contributed by atoms with van der Waals surface area (Å²) in [5, 5.41) is 0. The maximum absolute atomic E-state index is 13.5. The van der Waals surface area contributed by atoms with Crippen LogP contribution in [-0.4, -0.2) is 25.8 Å². The van der Waals surface area contributed by atoms with E-state index in [9.17, 15) is 12.8 Å². The molecule has 1 atom stereocenters. The van der Waals surface area contributed by atoms with Crippen LogP contribution in [0.2, 0.25) is 0 Å². The normalized spacial score (nSPS) is 14.0. The van der Waals surface area contributed by atoms with E-state index in [4.69, 9.17) is 5.73 Å². The van der Waals surface area contributed by atoms with Crippen LogP contribution in [-0.2, 0) is 10.0 Å². The van der Waals surface area contributed by atoms with Crippen LogP contribution in [0.1, 0.15) is 32.8 Å². The van der Waals surface area contributed by atoms with Gasteiger partial charge in [0.1, 0.15) is 5.82 Å². The molecular formula is C14H23FN2O2S. The van der Waals surface area contributed by atoms with Gasteiger partial charge in [-0.15, -0.1) is 0 Å². The quantitative estimate of drug-likeness (QED) is 0.851. The minimum atomic E-state index is -3.66. The van der Waals surface area contributed by atoms with E-state index in [1.807, 2.05) is 20.8 Å². The summed E-state index contributed by atoms with van der Waals surface area (Å²) < 4.78 is 39.9. The van der Waals surface area contributed by atoms with Crippen molar-refractivity contribution in [1.29, 1.82) is 0 Å².